The molecule has 4 nitrogen and oxygen atoms in total. The first-order valence-corrected chi connectivity index (χ1v) is 15.6. The molecule has 9 heteroatoms. The Morgan fingerprint density at radius 1 is 0.520 bits per heavy atom. The largest absolute Gasteiger partial charge is 0.636 e. The lowest BCUT2D eigenvalue weighted by atomic mass is 10.6. The average Bonchev–Trinajstić information content (AvgIpc) is 2.65. The van der Waals surface area contributed by atoms with Crippen molar-refractivity contribution in [2.45, 2.75) is 55.4 Å². The Morgan fingerprint density at radius 2 is 0.720 bits per heavy atom. The topological polar surface area (TPSA) is 36.9 Å². The van der Waals surface area contributed by atoms with Gasteiger partial charge in [-0.15, -0.1) is 0 Å². The minimum Gasteiger partial charge on any atom is -0.397 e. The Hall–Kier alpha value is -0.116. The van der Waals surface area contributed by atoms with Gasteiger partial charge in [-0.2, -0.15) is 0 Å². The Kier molecular flexibility index (Phi) is 13.9. The molecule has 0 radical (unpaired) electrons. The molecular formula is C16H36O4Si5. The summed E-state index contributed by atoms with van der Waals surface area (Å²) in [5.74, 6) is 0. The van der Waals surface area contributed by atoms with Crippen LogP contribution in [0.2, 0.25) is 0 Å². The van der Waals surface area contributed by atoms with E-state index < -0.39 is 48.1 Å². The van der Waals surface area contributed by atoms with Crippen LogP contribution in [0.15, 0.2) is 45.1 Å². The molecular weight excluding hydrogens is 397 g/mol. The fraction of sp³-hybridized carbons (Fsp3) is 0.500. The summed E-state index contributed by atoms with van der Waals surface area (Å²) in [5.41, 5.74) is 0. The summed E-state index contributed by atoms with van der Waals surface area (Å²) in [5, 5.41) is 5.19. The molecule has 0 atom stereocenters. The Bertz CT molecular complexity index is 421. The van der Waals surface area contributed by atoms with Crippen molar-refractivity contribution in [2.24, 2.45) is 0 Å². The van der Waals surface area contributed by atoms with Crippen LogP contribution in [-0.4, -0.2) is 48.1 Å². The molecule has 0 bridgehead atoms. The molecule has 0 aliphatic carbocycles. The highest BCUT2D eigenvalue weighted by Crippen LogP contribution is 2.15. The van der Waals surface area contributed by atoms with Gasteiger partial charge in [-0.3, -0.25) is 0 Å². The van der Waals surface area contributed by atoms with Crippen LogP contribution in [0.3, 0.4) is 0 Å². The van der Waals surface area contributed by atoms with E-state index in [4.69, 9.17) is 16.5 Å². The molecule has 0 saturated carbocycles. The molecule has 0 aliphatic heterocycles. The van der Waals surface area contributed by atoms with Crippen molar-refractivity contribution in [3.8, 4) is 0 Å². The van der Waals surface area contributed by atoms with Gasteiger partial charge < -0.3 is 16.5 Å². The van der Waals surface area contributed by atoms with E-state index in [2.05, 4.69) is 52.0 Å². The summed E-state index contributed by atoms with van der Waals surface area (Å²) >= 11 is 0. The summed E-state index contributed by atoms with van der Waals surface area (Å²) in [4.78, 5) is 0. The predicted molar refractivity (Wildman–Crippen MR) is 122 cm³/mol. The maximum absolute atomic E-state index is 6.33. The Balaban J connectivity index is 5.39. The molecule has 0 fully saturated rings. The maximum Gasteiger partial charge on any atom is 0.636 e. The monoisotopic (exact) mass is 432 g/mol. The zero-order valence-electron chi connectivity index (χ0n) is 17.3. The maximum atomic E-state index is 6.33. The van der Waals surface area contributed by atoms with Crippen molar-refractivity contribution in [1.82, 2.24) is 0 Å². The second-order valence-electron chi connectivity index (χ2n) is 6.19. The normalized spacial score (nSPS) is 18.9. The van der Waals surface area contributed by atoms with Gasteiger partial charge in [0.1, 0.15) is 0 Å². The summed E-state index contributed by atoms with van der Waals surface area (Å²) in [7, 11) is -6.49. The third kappa shape index (κ3) is 11.3. The van der Waals surface area contributed by atoms with Crippen LogP contribution < -0.4 is 0 Å². The summed E-state index contributed by atoms with van der Waals surface area (Å²) in [6.07, 6.45) is 8.46. The van der Waals surface area contributed by atoms with Crippen molar-refractivity contribution >= 4 is 48.1 Å². The van der Waals surface area contributed by atoms with Crippen molar-refractivity contribution in [3.63, 3.8) is 0 Å². The van der Waals surface area contributed by atoms with E-state index in [0.717, 1.165) is 0 Å². The number of hydrogen-bond donors (Lipinski definition) is 0. The van der Waals surface area contributed by atoms with Gasteiger partial charge >= 0.3 is 9.05 Å². The molecule has 0 aromatic heterocycles. The molecule has 0 rings (SSSR count). The minimum atomic E-state index is -3.03. The van der Waals surface area contributed by atoms with Gasteiger partial charge in [0, 0.05) is 0 Å². The van der Waals surface area contributed by atoms with Crippen LogP contribution in [0, 0.1) is 0 Å². The molecule has 0 aliphatic rings. The van der Waals surface area contributed by atoms with Gasteiger partial charge in [0.2, 0.25) is 0 Å². The standard InChI is InChI=1S/C16H36O4Si5/c1-9-13(5)21-17-25(18-22-14(6)10-2,19-23-15(7)11-3)20-24-16(8)12-4/h9-12H,21-24H2,1-8H3. The summed E-state index contributed by atoms with van der Waals surface area (Å²) in [6, 6.07) is 0. The van der Waals surface area contributed by atoms with Crippen molar-refractivity contribution < 1.29 is 16.5 Å². The highest BCUT2D eigenvalue weighted by Gasteiger charge is 2.43. The van der Waals surface area contributed by atoms with Gasteiger partial charge in [-0.05, 0) is 55.4 Å². The zero-order chi connectivity index (χ0) is 19.3. The van der Waals surface area contributed by atoms with Crippen LogP contribution in [0.25, 0.3) is 0 Å². The molecule has 0 aromatic rings. The van der Waals surface area contributed by atoms with Crippen LogP contribution in [0.1, 0.15) is 55.4 Å². The van der Waals surface area contributed by atoms with Crippen LogP contribution >= 0.6 is 0 Å². The third-order valence-corrected chi connectivity index (χ3v) is 15.3. The van der Waals surface area contributed by atoms with E-state index >= 15 is 0 Å². The van der Waals surface area contributed by atoms with Gasteiger partial charge in [-0.25, -0.2) is 0 Å². The van der Waals surface area contributed by atoms with Crippen molar-refractivity contribution in [1.29, 1.82) is 0 Å². The van der Waals surface area contributed by atoms with E-state index in [1.807, 2.05) is 27.7 Å². The molecule has 0 spiro atoms. The Labute approximate surface area is 165 Å². The number of rotatable bonds is 12. The van der Waals surface area contributed by atoms with E-state index in [0.29, 0.717) is 0 Å². The van der Waals surface area contributed by atoms with Crippen molar-refractivity contribution in [3.05, 3.63) is 45.1 Å². The lowest BCUT2D eigenvalue weighted by molar-refractivity contribution is 0.178. The fourth-order valence-corrected chi connectivity index (χ4v) is 15.0. The number of allylic oxidation sites excluding steroid dienone is 8. The lowest BCUT2D eigenvalue weighted by Crippen LogP contribution is -2.53. The molecule has 0 saturated heterocycles. The molecule has 0 N–H and O–H groups in total. The van der Waals surface area contributed by atoms with Gasteiger partial charge in [0.15, 0.2) is 39.1 Å². The second kappa shape index (κ2) is 14.0. The first-order chi connectivity index (χ1) is 11.8. The van der Waals surface area contributed by atoms with Crippen LogP contribution in [0.5, 0.6) is 0 Å². The highest BCUT2D eigenvalue weighted by atomic mass is 28.5. The van der Waals surface area contributed by atoms with E-state index in [-0.39, 0.29) is 0 Å². The summed E-state index contributed by atoms with van der Waals surface area (Å²) in [6.45, 7) is 16.7. The van der Waals surface area contributed by atoms with Crippen molar-refractivity contribution in [2.75, 3.05) is 0 Å². The first kappa shape index (κ1) is 24.9. The highest BCUT2D eigenvalue weighted by molar-refractivity contribution is 6.75. The Morgan fingerprint density at radius 3 is 0.880 bits per heavy atom. The van der Waals surface area contributed by atoms with Gasteiger partial charge in [0.25, 0.3) is 0 Å². The number of hydrogen-bond acceptors (Lipinski definition) is 4. The average molecular weight is 433 g/mol. The van der Waals surface area contributed by atoms with E-state index in [9.17, 15) is 0 Å². The van der Waals surface area contributed by atoms with E-state index in [1.165, 1.54) is 20.8 Å². The van der Waals surface area contributed by atoms with Crippen LogP contribution in [0.4, 0.5) is 0 Å². The lowest BCUT2D eigenvalue weighted by Gasteiger charge is -2.30. The molecule has 0 aromatic carbocycles. The molecule has 0 unspecified atom stereocenters. The second-order valence-corrected chi connectivity index (χ2v) is 17.4. The molecule has 0 heterocycles. The van der Waals surface area contributed by atoms with E-state index in [1.54, 1.807) is 0 Å². The SMILES string of the molecule is CC=C(C)[SiH2]O[Si](O[SiH2]C(C)=CC)(O[SiH2]C(C)=CC)O[SiH2]C(C)=CC. The van der Waals surface area contributed by atoms with Crippen LogP contribution in [-0.2, 0) is 16.5 Å². The summed E-state index contributed by atoms with van der Waals surface area (Å²) < 4.78 is 25.3. The molecule has 144 valence electrons. The predicted octanol–water partition coefficient (Wildman–Crippen LogP) is 1.52. The quantitative estimate of drug-likeness (QED) is 0.438. The van der Waals surface area contributed by atoms with Gasteiger partial charge in [0.05, 0.1) is 0 Å². The molecule has 0 amide bonds. The van der Waals surface area contributed by atoms with Gasteiger partial charge in [-0.1, -0.05) is 45.1 Å². The fourth-order valence-electron chi connectivity index (χ4n) is 1.39. The third-order valence-electron chi connectivity index (χ3n) is 3.88. The molecule has 25 heavy (non-hydrogen) atoms. The zero-order valence-corrected chi connectivity index (χ0v) is 23.9. The minimum absolute atomic E-state index is 0.866. The first-order valence-electron chi connectivity index (χ1n) is 8.85. The smallest absolute Gasteiger partial charge is 0.397 e.